The second-order valence-electron chi connectivity index (χ2n) is 6.76. The highest BCUT2D eigenvalue weighted by Crippen LogP contribution is 2.10. The Kier molecular flexibility index (Phi) is 8.62. The average Bonchev–Trinajstić information content (AvgIpc) is 2.88. The fourth-order valence-electron chi connectivity index (χ4n) is 2.70. The molecular formula is C30H22O2. The van der Waals surface area contributed by atoms with Crippen LogP contribution in [0.1, 0.15) is 33.2 Å². The van der Waals surface area contributed by atoms with Crippen LogP contribution in [0, 0.1) is 23.7 Å². The van der Waals surface area contributed by atoms with E-state index in [1.807, 2.05) is 109 Å². The Morgan fingerprint density at radius 3 is 1.56 bits per heavy atom. The maximum absolute atomic E-state index is 11.6. The molecule has 0 spiro atoms. The number of rotatable bonds is 2. The highest BCUT2D eigenvalue weighted by Gasteiger charge is 2.01. The molecule has 4 aromatic rings. The number of ketones is 1. The lowest BCUT2D eigenvalue weighted by Crippen LogP contribution is -1.93. The van der Waals surface area contributed by atoms with Gasteiger partial charge in [-0.05, 0) is 35.7 Å². The van der Waals surface area contributed by atoms with Crippen molar-refractivity contribution < 1.29 is 9.90 Å². The summed E-state index contributed by atoms with van der Waals surface area (Å²) in [6.45, 7) is 0. The molecule has 0 saturated carbocycles. The third kappa shape index (κ3) is 7.47. The summed E-state index contributed by atoms with van der Waals surface area (Å²) in [5, 5.41) is 9.81. The Morgan fingerprint density at radius 2 is 1.03 bits per heavy atom. The molecule has 1 atom stereocenters. The van der Waals surface area contributed by atoms with E-state index in [-0.39, 0.29) is 5.78 Å². The van der Waals surface area contributed by atoms with E-state index in [0.29, 0.717) is 5.56 Å². The predicted molar refractivity (Wildman–Crippen MR) is 129 cm³/mol. The van der Waals surface area contributed by atoms with Crippen LogP contribution >= 0.6 is 0 Å². The number of carbonyl (C=O) groups excluding carboxylic acids is 1. The van der Waals surface area contributed by atoms with Crippen molar-refractivity contribution in [2.45, 2.75) is 6.10 Å². The van der Waals surface area contributed by atoms with E-state index in [2.05, 4.69) is 23.7 Å². The molecule has 0 heterocycles. The number of carbonyl (C=O) groups is 1. The van der Waals surface area contributed by atoms with Crippen molar-refractivity contribution in [3.8, 4) is 23.7 Å². The molecule has 2 nitrogen and oxygen atoms in total. The van der Waals surface area contributed by atoms with Crippen molar-refractivity contribution in [1.29, 1.82) is 0 Å². The van der Waals surface area contributed by atoms with Crippen molar-refractivity contribution >= 4 is 5.78 Å². The third-order valence-electron chi connectivity index (χ3n) is 4.37. The van der Waals surface area contributed by atoms with Gasteiger partial charge in [0.05, 0.1) is 0 Å². The van der Waals surface area contributed by atoms with Gasteiger partial charge in [-0.2, -0.15) is 0 Å². The van der Waals surface area contributed by atoms with Gasteiger partial charge in [-0.1, -0.05) is 115 Å². The lowest BCUT2D eigenvalue weighted by Gasteiger charge is -2.01. The van der Waals surface area contributed by atoms with Gasteiger partial charge in [-0.25, -0.2) is 0 Å². The smallest absolute Gasteiger partial charge is 0.236 e. The molecule has 4 rings (SSSR count). The summed E-state index contributed by atoms with van der Waals surface area (Å²) in [5.41, 5.74) is 3.22. The third-order valence-corrected chi connectivity index (χ3v) is 4.37. The van der Waals surface area contributed by atoms with Crippen LogP contribution in [0.5, 0.6) is 0 Å². The molecule has 0 saturated heterocycles. The lowest BCUT2D eigenvalue weighted by molar-refractivity contribution is 0.105. The molecule has 32 heavy (non-hydrogen) atoms. The fraction of sp³-hybridized carbons (Fsp3) is 0.0333. The summed E-state index contributed by atoms with van der Waals surface area (Å²) in [4.78, 5) is 11.6. The average molecular weight is 415 g/mol. The van der Waals surface area contributed by atoms with Crippen LogP contribution in [0.25, 0.3) is 0 Å². The number of aliphatic hydroxyl groups is 1. The zero-order chi connectivity index (χ0) is 22.4. The molecular weight excluding hydrogens is 392 g/mol. The highest BCUT2D eigenvalue weighted by atomic mass is 16.3. The maximum atomic E-state index is 11.6. The highest BCUT2D eigenvalue weighted by molar-refractivity contribution is 6.09. The van der Waals surface area contributed by atoms with Crippen molar-refractivity contribution in [3.63, 3.8) is 0 Å². The summed E-state index contributed by atoms with van der Waals surface area (Å²) >= 11 is 0. The minimum absolute atomic E-state index is 0.149. The molecule has 0 aromatic heterocycles. The molecule has 0 bridgehead atoms. The van der Waals surface area contributed by atoms with Crippen molar-refractivity contribution in [2.24, 2.45) is 0 Å². The molecule has 4 aromatic carbocycles. The first kappa shape index (κ1) is 22.3. The summed E-state index contributed by atoms with van der Waals surface area (Å²) in [6.07, 6.45) is -0.721. The molecule has 1 N–H and O–H groups in total. The topological polar surface area (TPSA) is 37.3 Å². The fourth-order valence-corrected chi connectivity index (χ4v) is 2.70. The summed E-state index contributed by atoms with van der Waals surface area (Å²) < 4.78 is 0. The molecule has 0 aliphatic heterocycles. The molecule has 0 aliphatic carbocycles. The van der Waals surface area contributed by atoms with E-state index in [4.69, 9.17) is 0 Å². The Bertz CT molecular complexity index is 1220. The van der Waals surface area contributed by atoms with E-state index in [1.165, 1.54) is 0 Å². The Labute approximate surface area is 189 Å². The van der Waals surface area contributed by atoms with Crippen molar-refractivity contribution in [1.82, 2.24) is 0 Å². The van der Waals surface area contributed by atoms with Crippen LogP contribution in [0.15, 0.2) is 121 Å². The van der Waals surface area contributed by atoms with Crippen molar-refractivity contribution in [3.05, 3.63) is 144 Å². The van der Waals surface area contributed by atoms with Gasteiger partial charge in [0.25, 0.3) is 0 Å². The molecule has 0 fully saturated rings. The van der Waals surface area contributed by atoms with E-state index >= 15 is 0 Å². The molecule has 0 radical (unpaired) electrons. The van der Waals surface area contributed by atoms with Gasteiger partial charge in [-0.3, -0.25) is 4.79 Å². The number of benzene rings is 4. The van der Waals surface area contributed by atoms with Gasteiger partial charge < -0.3 is 5.11 Å². The first-order chi connectivity index (χ1) is 15.7. The molecule has 154 valence electrons. The number of aliphatic hydroxyl groups excluding tert-OH is 1. The van der Waals surface area contributed by atoms with Gasteiger partial charge in [0.15, 0.2) is 0 Å². The maximum Gasteiger partial charge on any atom is 0.236 e. The van der Waals surface area contributed by atoms with Crippen LogP contribution in [0.3, 0.4) is 0 Å². The van der Waals surface area contributed by atoms with Crippen LogP contribution in [0.4, 0.5) is 0 Å². The van der Waals surface area contributed by atoms with Gasteiger partial charge >= 0.3 is 0 Å². The van der Waals surface area contributed by atoms with Crippen LogP contribution in [0.2, 0.25) is 0 Å². The minimum Gasteiger partial charge on any atom is -0.376 e. The van der Waals surface area contributed by atoms with Crippen LogP contribution < -0.4 is 0 Å². The number of hydrogen-bond donors (Lipinski definition) is 1. The van der Waals surface area contributed by atoms with Crippen molar-refractivity contribution in [2.75, 3.05) is 0 Å². The first-order valence-electron chi connectivity index (χ1n) is 10.2. The first-order valence-corrected chi connectivity index (χ1v) is 10.2. The van der Waals surface area contributed by atoms with E-state index < -0.39 is 6.10 Å². The normalized spacial score (nSPS) is 10.2. The number of hydrogen-bond acceptors (Lipinski definition) is 2. The van der Waals surface area contributed by atoms with Crippen LogP contribution in [-0.2, 0) is 0 Å². The zero-order valence-electron chi connectivity index (χ0n) is 17.5. The second kappa shape index (κ2) is 12.4. The zero-order valence-corrected chi connectivity index (χ0v) is 17.5. The SMILES string of the molecule is O=C(C#Cc1ccccc1)c1ccccc1.OC(C#Cc1ccccc1)c1ccccc1. The van der Waals surface area contributed by atoms with Crippen LogP contribution in [-0.4, -0.2) is 10.9 Å². The minimum atomic E-state index is -0.721. The second-order valence-corrected chi connectivity index (χ2v) is 6.76. The summed E-state index contributed by atoms with van der Waals surface area (Å²) in [7, 11) is 0. The predicted octanol–water partition coefficient (Wildman–Crippen LogP) is 5.69. The van der Waals surface area contributed by atoms with Gasteiger partial charge in [0, 0.05) is 16.7 Å². The van der Waals surface area contributed by atoms with E-state index in [1.54, 1.807) is 12.1 Å². The monoisotopic (exact) mass is 414 g/mol. The number of Topliss-reactive ketones (excluding diaryl/α,β-unsaturated/α-hetero) is 1. The van der Waals surface area contributed by atoms with Gasteiger partial charge in [-0.15, -0.1) is 0 Å². The molecule has 1 unspecified atom stereocenters. The van der Waals surface area contributed by atoms with Gasteiger partial charge in [0.1, 0.15) is 6.10 Å². The summed E-state index contributed by atoms with van der Waals surface area (Å²) in [6, 6.07) is 37.6. The largest absolute Gasteiger partial charge is 0.376 e. The Hall–Kier alpha value is -4.37. The van der Waals surface area contributed by atoms with E-state index in [9.17, 15) is 9.90 Å². The summed E-state index contributed by atoms with van der Waals surface area (Å²) in [5.74, 6) is 11.1. The molecule has 0 amide bonds. The molecule has 0 aliphatic rings. The lowest BCUT2D eigenvalue weighted by atomic mass is 10.1. The quantitative estimate of drug-likeness (QED) is 0.338. The van der Waals surface area contributed by atoms with E-state index in [0.717, 1.165) is 16.7 Å². The Balaban J connectivity index is 0.000000181. The molecule has 2 heteroatoms. The Morgan fingerprint density at radius 1 is 0.594 bits per heavy atom. The standard InChI is InChI=1S/C15H12O.C15H10O/c2*16-15(14-9-5-2-6-10-14)12-11-13-7-3-1-4-8-13/h1-10,15-16H;1-10H. The van der Waals surface area contributed by atoms with Gasteiger partial charge in [0.2, 0.25) is 5.78 Å².